The Bertz CT molecular complexity index is 397. The highest BCUT2D eigenvalue weighted by Gasteiger charge is 2.34. The number of hydrogen-bond acceptors (Lipinski definition) is 2. The summed E-state index contributed by atoms with van der Waals surface area (Å²) in [5.41, 5.74) is 3.61. The van der Waals surface area contributed by atoms with E-state index in [2.05, 4.69) is 6.92 Å². The maximum Gasteiger partial charge on any atom is 0.306 e. The van der Waals surface area contributed by atoms with E-state index in [0.717, 1.165) is 37.8 Å². The number of rotatable bonds is 4. The number of hydrogen-bond donors (Lipinski definition) is 2. The van der Waals surface area contributed by atoms with Crippen molar-refractivity contribution in [2.45, 2.75) is 52.4 Å². The standard InChI is InChI=1S/C15H23NO2/c1-9-3-5-11-6-8-13(16)14(11)12(9)7-4-10(2)15(17)18/h9-10,12,16H,3-8H2,1-2H3,(H,17,18). The van der Waals surface area contributed by atoms with Crippen molar-refractivity contribution >= 4 is 11.7 Å². The Kier molecular flexibility index (Phi) is 3.88. The maximum absolute atomic E-state index is 10.9. The van der Waals surface area contributed by atoms with Crippen LogP contribution in [0.1, 0.15) is 52.4 Å². The van der Waals surface area contributed by atoms with Crippen molar-refractivity contribution < 1.29 is 9.90 Å². The summed E-state index contributed by atoms with van der Waals surface area (Å²) in [7, 11) is 0. The minimum absolute atomic E-state index is 0.265. The number of nitrogens with one attached hydrogen (secondary N) is 1. The molecule has 0 aromatic rings. The molecule has 100 valence electrons. The minimum atomic E-state index is -0.700. The normalized spacial score (nSPS) is 29.3. The van der Waals surface area contributed by atoms with Gasteiger partial charge in [0.25, 0.3) is 0 Å². The molecule has 0 saturated carbocycles. The molecule has 0 spiro atoms. The summed E-state index contributed by atoms with van der Waals surface area (Å²) in [4.78, 5) is 10.9. The first-order chi connectivity index (χ1) is 8.50. The SMILES string of the molecule is CC(CCC1C2=C(CCC2=N)CCC1C)C(=O)O. The topological polar surface area (TPSA) is 61.2 Å². The lowest BCUT2D eigenvalue weighted by molar-refractivity contribution is -0.141. The third kappa shape index (κ3) is 2.50. The van der Waals surface area contributed by atoms with Crippen LogP contribution in [-0.2, 0) is 4.79 Å². The highest BCUT2D eigenvalue weighted by atomic mass is 16.4. The summed E-state index contributed by atoms with van der Waals surface area (Å²) >= 11 is 0. The molecule has 0 aromatic heterocycles. The van der Waals surface area contributed by atoms with Gasteiger partial charge in [0.05, 0.1) is 5.92 Å². The predicted octanol–water partition coefficient (Wildman–Crippen LogP) is 3.64. The quantitative estimate of drug-likeness (QED) is 0.799. The third-order valence-corrected chi connectivity index (χ3v) is 4.67. The lowest BCUT2D eigenvalue weighted by atomic mass is 9.73. The fourth-order valence-electron chi connectivity index (χ4n) is 3.37. The van der Waals surface area contributed by atoms with Crippen molar-refractivity contribution in [3.63, 3.8) is 0 Å². The molecule has 18 heavy (non-hydrogen) atoms. The second-order valence-corrected chi connectivity index (χ2v) is 5.93. The van der Waals surface area contributed by atoms with E-state index in [1.54, 1.807) is 6.92 Å². The van der Waals surface area contributed by atoms with Crippen LogP contribution in [0.2, 0.25) is 0 Å². The van der Waals surface area contributed by atoms with Gasteiger partial charge in [-0.2, -0.15) is 0 Å². The second-order valence-electron chi connectivity index (χ2n) is 5.93. The van der Waals surface area contributed by atoms with E-state index in [-0.39, 0.29) is 5.92 Å². The van der Waals surface area contributed by atoms with Crippen LogP contribution in [0.25, 0.3) is 0 Å². The Hall–Kier alpha value is -1.12. The van der Waals surface area contributed by atoms with Crippen molar-refractivity contribution in [2.24, 2.45) is 17.8 Å². The molecule has 3 nitrogen and oxygen atoms in total. The van der Waals surface area contributed by atoms with Gasteiger partial charge in [-0.1, -0.05) is 19.4 Å². The van der Waals surface area contributed by atoms with Crippen molar-refractivity contribution in [3.8, 4) is 0 Å². The van der Waals surface area contributed by atoms with Crippen LogP contribution in [0.15, 0.2) is 11.1 Å². The van der Waals surface area contributed by atoms with E-state index >= 15 is 0 Å². The van der Waals surface area contributed by atoms with Crippen LogP contribution >= 0.6 is 0 Å². The Labute approximate surface area is 109 Å². The van der Waals surface area contributed by atoms with Gasteiger partial charge in [-0.3, -0.25) is 4.79 Å². The average Bonchev–Trinajstić information content (AvgIpc) is 2.69. The van der Waals surface area contributed by atoms with E-state index in [9.17, 15) is 4.79 Å². The van der Waals surface area contributed by atoms with Gasteiger partial charge < -0.3 is 10.5 Å². The molecule has 0 saturated heterocycles. The van der Waals surface area contributed by atoms with Crippen LogP contribution in [0.4, 0.5) is 0 Å². The highest BCUT2D eigenvalue weighted by Crippen LogP contribution is 2.43. The van der Waals surface area contributed by atoms with Crippen LogP contribution in [-0.4, -0.2) is 16.8 Å². The first kappa shape index (κ1) is 13.3. The molecule has 2 aliphatic carbocycles. The number of aliphatic carboxylic acids is 1. The number of allylic oxidation sites excluding steroid dienone is 2. The predicted molar refractivity (Wildman–Crippen MR) is 71.9 cm³/mol. The zero-order chi connectivity index (χ0) is 13.3. The molecule has 0 aliphatic heterocycles. The Morgan fingerprint density at radius 2 is 2.17 bits per heavy atom. The molecule has 0 heterocycles. The van der Waals surface area contributed by atoms with Crippen LogP contribution in [0.3, 0.4) is 0 Å². The van der Waals surface area contributed by atoms with E-state index in [4.69, 9.17) is 10.5 Å². The first-order valence-corrected chi connectivity index (χ1v) is 7.03. The minimum Gasteiger partial charge on any atom is -0.481 e. The van der Waals surface area contributed by atoms with Crippen LogP contribution in [0, 0.1) is 23.2 Å². The maximum atomic E-state index is 10.9. The van der Waals surface area contributed by atoms with Crippen LogP contribution < -0.4 is 0 Å². The van der Waals surface area contributed by atoms with Crippen molar-refractivity contribution in [3.05, 3.63) is 11.1 Å². The second kappa shape index (κ2) is 5.25. The molecule has 3 atom stereocenters. The van der Waals surface area contributed by atoms with Crippen molar-refractivity contribution in [2.75, 3.05) is 0 Å². The lowest BCUT2D eigenvalue weighted by Crippen LogP contribution is -2.23. The van der Waals surface area contributed by atoms with Crippen molar-refractivity contribution in [1.82, 2.24) is 0 Å². The summed E-state index contributed by atoms with van der Waals surface area (Å²) < 4.78 is 0. The van der Waals surface area contributed by atoms with Gasteiger partial charge in [-0.15, -0.1) is 0 Å². The van der Waals surface area contributed by atoms with Gasteiger partial charge in [-0.05, 0) is 55.9 Å². The Morgan fingerprint density at radius 1 is 1.44 bits per heavy atom. The number of carboxylic acids is 1. The molecular weight excluding hydrogens is 226 g/mol. The fourth-order valence-corrected chi connectivity index (χ4v) is 3.37. The molecule has 0 radical (unpaired) electrons. The molecule has 2 N–H and O–H groups in total. The number of carboxylic acid groups (broad SMARTS) is 1. The summed E-state index contributed by atoms with van der Waals surface area (Å²) in [5, 5.41) is 17.1. The van der Waals surface area contributed by atoms with Gasteiger partial charge in [0.1, 0.15) is 0 Å². The molecule has 0 amide bonds. The summed E-state index contributed by atoms with van der Waals surface area (Å²) in [6.07, 6.45) is 6.00. The van der Waals surface area contributed by atoms with E-state index in [1.807, 2.05) is 0 Å². The molecule has 2 aliphatic rings. The first-order valence-electron chi connectivity index (χ1n) is 7.03. The zero-order valence-corrected chi connectivity index (χ0v) is 11.3. The van der Waals surface area contributed by atoms with Crippen LogP contribution in [0.5, 0.6) is 0 Å². The largest absolute Gasteiger partial charge is 0.481 e. The molecule has 3 unspecified atom stereocenters. The summed E-state index contributed by atoms with van der Waals surface area (Å²) in [5.74, 6) is 0.0710. The van der Waals surface area contributed by atoms with Gasteiger partial charge in [0, 0.05) is 5.71 Å². The van der Waals surface area contributed by atoms with Gasteiger partial charge >= 0.3 is 5.97 Å². The molecule has 0 bridgehead atoms. The highest BCUT2D eigenvalue weighted by molar-refractivity contribution is 6.01. The average molecular weight is 249 g/mol. The van der Waals surface area contributed by atoms with Crippen molar-refractivity contribution in [1.29, 1.82) is 5.41 Å². The van der Waals surface area contributed by atoms with Gasteiger partial charge in [0.2, 0.25) is 0 Å². The van der Waals surface area contributed by atoms with Gasteiger partial charge in [-0.25, -0.2) is 0 Å². The lowest BCUT2D eigenvalue weighted by Gasteiger charge is -2.31. The Morgan fingerprint density at radius 3 is 2.83 bits per heavy atom. The molecule has 0 aromatic carbocycles. The molecule has 3 heteroatoms. The smallest absolute Gasteiger partial charge is 0.306 e. The van der Waals surface area contributed by atoms with E-state index in [1.165, 1.54) is 17.6 Å². The molecule has 0 fully saturated rings. The number of carbonyl (C=O) groups is 1. The van der Waals surface area contributed by atoms with E-state index < -0.39 is 5.97 Å². The fraction of sp³-hybridized carbons (Fsp3) is 0.733. The monoisotopic (exact) mass is 249 g/mol. The van der Waals surface area contributed by atoms with Gasteiger partial charge in [0.15, 0.2) is 0 Å². The molecule has 2 rings (SSSR count). The summed E-state index contributed by atoms with van der Waals surface area (Å²) in [6, 6.07) is 0. The van der Waals surface area contributed by atoms with E-state index in [0.29, 0.717) is 11.8 Å². The zero-order valence-electron chi connectivity index (χ0n) is 11.3. The Balaban J connectivity index is 2.07. The summed E-state index contributed by atoms with van der Waals surface area (Å²) in [6.45, 7) is 4.04. The third-order valence-electron chi connectivity index (χ3n) is 4.67. The molecular formula is C15H23NO2.